The lowest BCUT2D eigenvalue weighted by Crippen LogP contribution is -2.37. The third kappa shape index (κ3) is 3.33. The molecule has 0 atom stereocenters. The van der Waals surface area contributed by atoms with Crippen LogP contribution in [-0.2, 0) is 12.8 Å². The van der Waals surface area contributed by atoms with E-state index in [0.29, 0.717) is 19.6 Å². The van der Waals surface area contributed by atoms with Crippen LogP contribution in [0.1, 0.15) is 43.3 Å². The zero-order chi connectivity index (χ0) is 17.2. The van der Waals surface area contributed by atoms with Gasteiger partial charge in [-0.3, -0.25) is 9.59 Å². The molecule has 2 heterocycles. The van der Waals surface area contributed by atoms with Gasteiger partial charge < -0.3 is 9.80 Å². The molecular weight excluding hydrogens is 332 g/mol. The first-order valence-corrected chi connectivity index (χ1v) is 9.79. The van der Waals surface area contributed by atoms with Gasteiger partial charge in [0.05, 0.1) is 4.88 Å². The van der Waals surface area contributed by atoms with Crippen molar-refractivity contribution in [2.24, 2.45) is 0 Å². The molecule has 5 heteroatoms. The number of aryl methyl sites for hydroxylation is 2. The number of benzene rings is 1. The van der Waals surface area contributed by atoms with Crippen LogP contribution in [-0.4, -0.2) is 47.8 Å². The summed E-state index contributed by atoms with van der Waals surface area (Å²) in [6.45, 7) is 2.64. The van der Waals surface area contributed by atoms with Crippen molar-refractivity contribution in [2.75, 3.05) is 26.2 Å². The summed E-state index contributed by atoms with van der Waals surface area (Å²) in [4.78, 5) is 31.5. The highest BCUT2D eigenvalue weighted by Gasteiger charge is 2.26. The molecule has 130 valence electrons. The molecule has 2 aliphatic rings. The Morgan fingerprint density at radius 2 is 1.56 bits per heavy atom. The number of carbonyl (C=O) groups is 2. The number of nitrogens with zero attached hydrogens (tertiary/aromatic N) is 2. The van der Waals surface area contributed by atoms with Crippen LogP contribution < -0.4 is 0 Å². The van der Waals surface area contributed by atoms with Gasteiger partial charge in [-0.05, 0) is 49.4 Å². The average Bonchev–Trinajstić information content (AvgIpc) is 3.15. The van der Waals surface area contributed by atoms with Crippen molar-refractivity contribution < 1.29 is 9.59 Å². The molecule has 1 aliphatic heterocycles. The van der Waals surface area contributed by atoms with E-state index in [1.165, 1.54) is 16.9 Å². The largest absolute Gasteiger partial charge is 0.337 e. The van der Waals surface area contributed by atoms with Crippen LogP contribution in [0.2, 0.25) is 0 Å². The van der Waals surface area contributed by atoms with Crippen molar-refractivity contribution >= 4 is 23.2 Å². The van der Waals surface area contributed by atoms with Crippen LogP contribution >= 0.6 is 11.3 Å². The molecule has 1 saturated heterocycles. The fraction of sp³-hybridized carbons (Fsp3) is 0.400. The number of amides is 2. The van der Waals surface area contributed by atoms with Gasteiger partial charge in [-0.15, -0.1) is 11.3 Å². The number of rotatable bonds is 2. The molecule has 1 fully saturated rings. The Bertz CT molecular complexity index is 763. The number of fused-ring (bicyclic) bond motifs is 1. The topological polar surface area (TPSA) is 40.6 Å². The number of carbonyl (C=O) groups excluding carboxylic acids is 2. The lowest BCUT2D eigenvalue weighted by atomic mass is 10.2. The molecule has 1 aromatic heterocycles. The van der Waals surface area contributed by atoms with Gasteiger partial charge in [0.15, 0.2) is 0 Å². The molecule has 0 bridgehead atoms. The zero-order valence-electron chi connectivity index (χ0n) is 14.2. The summed E-state index contributed by atoms with van der Waals surface area (Å²) >= 11 is 1.66. The van der Waals surface area contributed by atoms with E-state index < -0.39 is 0 Å². The van der Waals surface area contributed by atoms with Crippen LogP contribution in [0.5, 0.6) is 0 Å². The second-order valence-corrected chi connectivity index (χ2v) is 7.85. The SMILES string of the molecule is O=C(c1ccccc1)N1CCCN(C(=O)c2cc3c(s2)CCC3)CC1. The van der Waals surface area contributed by atoms with Crippen molar-refractivity contribution in [1.82, 2.24) is 9.80 Å². The molecule has 1 aliphatic carbocycles. The minimum Gasteiger partial charge on any atom is -0.337 e. The van der Waals surface area contributed by atoms with E-state index in [0.717, 1.165) is 36.2 Å². The Morgan fingerprint density at radius 1 is 0.840 bits per heavy atom. The first-order chi connectivity index (χ1) is 12.2. The second kappa shape index (κ2) is 7.00. The van der Waals surface area contributed by atoms with Crippen molar-refractivity contribution in [3.63, 3.8) is 0 Å². The average molecular weight is 354 g/mol. The standard InChI is InChI=1S/C20H22N2O2S/c23-19(15-6-2-1-3-7-15)21-10-5-11-22(13-12-21)20(24)18-14-16-8-4-9-17(16)25-18/h1-3,6-7,14H,4-5,8-13H2. The number of thiophene rings is 1. The Kier molecular flexibility index (Phi) is 4.57. The van der Waals surface area contributed by atoms with Crippen molar-refractivity contribution in [1.29, 1.82) is 0 Å². The van der Waals surface area contributed by atoms with Gasteiger partial charge in [-0.25, -0.2) is 0 Å². The smallest absolute Gasteiger partial charge is 0.263 e. The minimum absolute atomic E-state index is 0.0602. The Labute approximate surface area is 152 Å². The summed E-state index contributed by atoms with van der Waals surface area (Å²) in [7, 11) is 0. The van der Waals surface area contributed by atoms with Gasteiger partial charge in [0, 0.05) is 36.6 Å². The highest BCUT2D eigenvalue weighted by molar-refractivity contribution is 7.14. The fourth-order valence-corrected chi connectivity index (χ4v) is 4.90. The molecule has 0 unspecified atom stereocenters. The van der Waals surface area contributed by atoms with Gasteiger partial charge in [-0.1, -0.05) is 18.2 Å². The van der Waals surface area contributed by atoms with E-state index in [4.69, 9.17) is 0 Å². The molecule has 0 saturated carbocycles. The van der Waals surface area contributed by atoms with E-state index in [1.54, 1.807) is 11.3 Å². The number of hydrogen-bond donors (Lipinski definition) is 0. The monoisotopic (exact) mass is 354 g/mol. The maximum Gasteiger partial charge on any atom is 0.263 e. The Hall–Kier alpha value is -2.14. The molecule has 25 heavy (non-hydrogen) atoms. The van der Waals surface area contributed by atoms with Crippen LogP contribution in [0.15, 0.2) is 36.4 Å². The summed E-state index contributed by atoms with van der Waals surface area (Å²) in [5.41, 5.74) is 2.08. The molecule has 4 nitrogen and oxygen atoms in total. The highest BCUT2D eigenvalue weighted by Crippen LogP contribution is 2.31. The lowest BCUT2D eigenvalue weighted by molar-refractivity contribution is 0.0721. The maximum atomic E-state index is 12.8. The summed E-state index contributed by atoms with van der Waals surface area (Å²) in [6.07, 6.45) is 4.27. The third-order valence-corrected chi connectivity index (χ3v) is 6.27. The summed E-state index contributed by atoms with van der Waals surface area (Å²) in [5.74, 6) is 0.193. The molecule has 0 N–H and O–H groups in total. The normalized spacial score (nSPS) is 17.3. The molecular formula is C20H22N2O2S. The third-order valence-electron chi connectivity index (χ3n) is 5.05. The second-order valence-electron chi connectivity index (χ2n) is 6.72. The Balaban J connectivity index is 1.42. The van der Waals surface area contributed by atoms with E-state index >= 15 is 0 Å². The molecule has 0 spiro atoms. The van der Waals surface area contributed by atoms with Gasteiger partial charge in [-0.2, -0.15) is 0 Å². The molecule has 2 aromatic rings. The first-order valence-electron chi connectivity index (χ1n) is 8.97. The van der Waals surface area contributed by atoms with Crippen LogP contribution in [0.4, 0.5) is 0 Å². The van der Waals surface area contributed by atoms with Gasteiger partial charge in [0.1, 0.15) is 0 Å². The lowest BCUT2D eigenvalue weighted by Gasteiger charge is -2.22. The highest BCUT2D eigenvalue weighted by atomic mass is 32.1. The van der Waals surface area contributed by atoms with E-state index in [9.17, 15) is 9.59 Å². The fourth-order valence-electron chi connectivity index (χ4n) is 3.68. The van der Waals surface area contributed by atoms with Gasteiger partial charge >= 0.3 is 0 Å². The predicted octanol–water partition coefficient (Wildman–Crippen LogP) is 3.23. The quantitative estimate of drug-likeness (QED) is 0.831. The summed E-state index contributed by atoms with van der Waals surface area (Å²) < 4.78 is 0. The Morgan fingerprint density at radius 3 is 2.28 bits per heavy atom. The summed E-state index contributed by atoms with van der Waals surface area (Å²) in [6, 6.07) is 11.5. The molecule has 1 aromatic carbocycles. The van der Waals surface area contributed by atoms with E-state index in [-0.39, 0.29) is 11.8 Å². The maximum absolute atomic E-state index is 12.8. The van der Waals surface area contributed by atoms with Crippen molar-refractivity contribution in [2.45, 2.75) is 25.7 Å². The number of hydrogen-bond acceptors (Lipinski definition) is 3. The molecule has 0 radical (unpaired) electrons. The van der Waals surface area contributed by atoms with Crippen LogP contribution in [0, 0.1) is 0 Å². The zero-order valence-corrected chi connectivity index (χ0v) is 15.1. The van der Waals surface area contributed by atoms with Crippen molar-refractivity contribution in [3.05, 3.63) is 57.3 Å². The van der Waals surface area contributed by atoms with Gasteiger partial charge in [0.2, 0.25) is 0 Å². The van der Waals surface area contributed by atoms with E-state index in [2.05, 4.69) is 6.07 Å². The summed E-state index contributed by atoms with van der Waals surface area (Å²) in [5, 5.41) is 0. The van der Waals surface area contributed by atoms with Crippen molar-refractivity contribution in [3.8, 4) is 0 Å². The molecule has 4 rings (SSSR count). The predicted molar refractivity (Wildman–Crippen MR) is 99.2 cm³/mol. The van der Waals surface area contributed by atoms with Crippen LogP contribution in [0.3, 0.4) is 0 Å². The minimum atomic E-state index is 0.0602. The van der Waals surface area contributed by atoms with Crippen LogP contribution in [0.25, 0.3) is 0 Å². The first kappa shape index (κ1) is 16.3. The van der Waals surface area contributed by atoms with Gasteiger partial charge in [0.25, 0.3) is 11.8 Å². The van der Waals surface area contributed by atoms with E-state index in [1.807, 2.05) is 40.1 Å². The molecule has 2 amide bonds.